The van der Waals surface area contributed by atoms with E-state index in [0.717, 1.165) is 45.6 Å². The Balaban J connectivity index is 1.73. The highest BCUT2D eigenvalue weighted by molar-refractivity contribution is 5.94. The number of hydrogen-bond donors (Lipinski definition) is 1. The normalized spacial score (nSPS) is 17.6. The van der Waals surface area contributed by atoms with Crippen LogP contribution in [0.1, 0.15) is 26.2 Å². The van der Waals surface area contributed by atoms with Gasteiger partial charge in [-0.15, -0.1) is 0 Å². The van der Waals surface area contributed by atoms with Gasteiger partial charge in [0.1, 0.15) is 5.82 Å². The molecule has 1 aliphatic heterocycles. The average molecular weight is 339 g/mol. The Labute approximate surface area is 142 Å². The fourth-order valence-corrected chi connectivity index (χ4v) is 2.96. The maximum absolute atomic E-state index is 13.2. The molecule has 0 spiro atoms. The fourth-order valence-electron chi connectivity index (χ4n) is 2.96. The monoisotopic (exact) mass is 339 g/mol. The van der Waals surface area contributed by atoms with Crippen molar-refractivity contribution in [3.05, 3.63) is 30.1 Å². The highest BCUT2D eigenvalue weighted by Gasteiger charge is 2.25. The minimum atomic E-state index is -0.359. The van der Waals surface area contributed by atoms with Gasteiger partial charge in [-0.25, -0.2) is 4.39 Å². The summed E-state index contributed by atoms with van der Waals surface area (Å²) in [6, 6.07) is 5.69. The highest BCUT2D eigenvalue weighted by atomic mass is 19.1. The summed E-state index contributed by atoms with van der Waals surface area (Å²) in [7, 11) is 0. The Morgan fingerprint density at radius 1 is 1.21 bits per heavy atom. The number of carbonyl (C=O) groups excluding carboxylic acids is 1. The Kier molecular flexibility index (Phi) is 7.59. The van der Waals surface area contributed by atoms with Crippen molar-refractivity contribution in [3.63, 3.8) is 0 Å². The second kappa shape index (κ2) is 9.69. The van der Waals surface area contributed by atoms with E-state index in [2.05, 4.69) is 15.1 Å². The largest absolute Gasteiger partial charge is 0.325 e. The van der Waals surface area contributed by atoms with Crippen LogP contribution in [-0.4, -0.2) is 61.1 Å². The number of nitrogens with one attached hydrogen (secondary N) is 1. The molecular weight excluding hydrogens is 312 g/mol. The number of halogens is 2. The van der Waals surface area contributed by atoms with Crippen LogP contribution < -0.4 is 5.32 Å². The minimum absolute atomic E-state index is 0.114. The van der Waals surface area contributed by atoms with Crippen LogP contribution in [-0.2, 0) is 4.79 Å². The molecule has 0 bridgehead atoms. The zero-order valence-corrected chi connectivity index (χ0v) is 14.3. The number of anilines is 1. The zero-order chi connectivity index (χ0) is 17.4. The van der Waals surface area contributed by atoms with Gasteiger partial charge in [-0.3, -0.25) is 14.1 Å². The number of amides is 1. The van der Waals surface area contributed by atoms with Crippen molar-refractivity contribution in [2.75, 3.05) is 44.7 Å². The molecule has 6 heteroatoms. The van der Waals surface area contributed by atoms with Crippen molar-refractivity contribution >= 4 is 11.6 Å². The van der Waals surface area contributed by atoms with E-state index in [1.165, 1.54) is 12.1 Å². The molecule has 1 aromatic carbocycles. The average Bonchev–Trinajstić information content (AvgIpc) is 2.58. The van der Waals surface area contributed by atoms with E-state index < -0.39 is 0 Å². The molecule has 0 aliphatic carbocycles. The molecule has 2 rings (SSSR count). The Bertz CT molecular complexity index is 519. The van der Waals surface area contributed by atoms with Crippen LogP contribution in [0, 0.1) is 5.82 Å². The summed E-state index contributed by atoms with van der Waals surface area (Å²) >= 11 is 0. The maximum atomic E-state index is 13.2. The van der Waals surface area contributed by atoms with Crippen LogP contribution in [0.5, 0.6) is 0 Å². The summed E-state index contributed by atoms with van der Waals surface area (Å²) in [5, 5.41) is 2.77. The molecular formula is C18H27F2N3O. The SMILES string of the molecule is C[C@H](C(=O)Nc1cccc(F)c1)N1CCN(CCCCCF)CC1. The lowest BCUT2D eigenvalue weighted by Gasteiger charge is -2.37. The predicted molar refractivity (Wildman–Crippen MR) is 92.3 cm³/mol. The maximum Gasteiger partial charge on any atom is 0.241 e. The zero-order valence-electron chi connectivity index (χ0n) is 14.3. The first kappa shape index (κ1) is 18.8. The molecule has 1 heterocycles. The second-order valence-electron chi connectivity index (χ2n) is 6.30. The predicted octanol–water partition coefficient (Wildman–Crippen LogP) is 2.91. The lowest BCUT2D eigenvalue weighted by Crippen LogP contribution is -2.52. The van der Waals surface area contributed by atoms with Crippen molar-refractivity contribution in [2.45, 2.75) is 32.2 Å². The van der Waals surface area contributed by atoms with Crippen LogP contribution in [0.3, 0.4) is 0 Å². The molecule has 1 aliphatic rings. The van der Waals surface area contributed by atoms with E-state index in [1.54, 1.807) is 12.1 Å². The third kappa shape index (κ3) is 5.83. The lowest BCUT2D eigenvalue weighted by atomic mass is 10.2. The van der Waals surface area contributed by atoms with Gasteiger partial charge in [0.25, 0.3) is 0 Å². The molecule has 134 valence electrons. The van der Waals surface area contributed by atoms with Crippen molar-refractivity contribution in [3.8, 4) is 0 Å². The number of nitrogens with zero attached hydrogens (tertiary/aromatic N) is 2. The Morgan fingerprint density at radius 3 is 2.62 bits per heavy atom. The first-order chi connectivity index (χ1) is 11.6. The second-order valence-corrected chi connectivity index (χ2v) is 6.30. The van der Waals surface area contributed by atoms with E-state index in [4.69, 9.17) is 0 Å². The van der Waals surface area contributed by atoms with E-state index in [0.29, 0.717) is 12.1 Å². The number of alkyl halides is 1. The Hall–Kier alpha value is -1.53. The quantitative estimate of drug-likeness (QED) is 0.740. The minimum Gasteiger partial charge on any atom is -0.325 e. The lowest BCUT2D eigenvalue weighted by molar-refractivity contribution is -0.121. The molecule has 1 aromatic rings. The van der Waals surface area contributed by atoms with Gasteiger partial charge >= 0.3 is 0 Å². The first-order valence-electron chi connectivity index (χ1n) is 8.69. The van der Waals surface area contributed by atoms with Gasteiger partial charge in [-0.1, -0.05) is 6.07 Å². The van der Waals surface area contributed by atoms with Crippen LogP contribution in [0.2, 0.25) is 0 Å². The third-order valence-electron chi connectivity index (χ3n) is 4.53. The summed E-state index contributed by atoms with van der Waals surface area (Å²) in [6.45, 7) is 6.16. The van der Waals surface area contributed by atoms with Crippen molar-refractivity contribution in [1.29, 1.82) is 0 Å². The Morgan fingerprint density at radius 2 is 1.96 bits per heavy atom. The molecule has 0 unspecified atom stereocenters. The highest BCUT2D eigenvalue weighted by Crippen LogP contribution is 2.13. The molecule has 4 nitrogen and oxygen atoms in total. The van der Waals surface area contributed by atoms with Crippen LogP contribution in [0.15, 0.2) is 24.3 Å². The molecule has 1 amide bonds. The summed E-state index contributed by atoms with van der Waals surface area (Å²) in [4.78, 5) is 16.8. The smallest absolute Gasteiger partial charge is 0.241 e. The molecule has 1 fully saturated rings. The van der Waals surface area contributed by atoms with Gasteiger partial charge < -0.3 is 10.2 Å². The van der Waals surface area contributed by atoms with Gasteiger partial charge in [0.05, 0.1) is 12.7 Å². The number of piperazine rings is 1. The van der Waals surface area contributed by atoms with E-state index in [1.807, 2.05) is 6.92 Å². The molecule has 1 N–H and O–H groups in total. The summed E-state index contributed by atoms with van der Waals surface area (Å²) in [5.41, 5.74) is 0.485. The third-order valence-corrected chi connectivity index (χ3v) is 4.53. The topological polar surface area (TPSA) is 35.6 Å². The fraction of sp³-hybridized carbons (Fsp3) is 0.611. The molecule has 24 heavy (non-hydrogen) atoms. The summed E-state index contributed by atoms with van der Waals surface area (Å²) in [6.07, 6.45) is 2.61. The van der Waals surface area contributed by atoms with E-state index >= 15 is 0 Å². The van der Waals surface area contributed by atoms with Gasteiger partial charge in [0.2, 0.25) is 5.91 Å². The van der Waals surface area contributed by atoms with Crippen LogP contribution in [0.25, 0.3) is 0 Å². The molecule has 1 saturated heterocycles. The number of unbranched alkanes of at least 4 members (excludes halogenated alkanes) is 2. The molecule has 0 aromatic heterocycles. The number of rotatable bonds is 8. The van der Waals surface area contributed by atoms with Crippen LogP contribution >= 0.6 is 0 Å². The number of benzene rings is 1. The van der Waals surface area contributed by atoms with Gasteiger partial charge in [0.15, 0.2) is 0 Å². The van der Waals surface area contributed by atoms with Crippen molar-refractivity contribution in [2.24, 2.45) is 0 Å². The van der Waals surface area contributed by atoms with E-state index in [-0.39, 0.29) is 24.4 Å². The first-order valence-corrected chi connectivity index (χ1v) is 8.69. The van der Waals surface area contributed by atoms with Gasteiger partial charge in [-0.2, -0.15) is 0 Å². The van der Waals surface area contributed by atoms with Gasteiger partial charge in [0, 0.05) is 31.9 Å². The summed E-state index contributed by atoms with van der Waals surface area (Å²) < 4.78 is 25.3. The van der Waals surface area contributed by atoms with Crippen LogP contribution in [0.4, 0.5) is 14.5 Å². The summed E-state index contributed by atoms with van der Waals surface area (Å²) in [5.74, 6) is -0.473. The van der Waals surface area contributed by atoms with Crippen molar-refractivity contribution < 1.29 is 13.6 Å². The standard InChI is InChI=1S/C18H27F2N3O/c1-15(18(24)21-17-7-5-6-16(20)14-17)23-12-10-22(11-13-23)9-4-2-3-8-19/h5-7,14-15H,2-4,8-13H2,1H3,(H,21,24)/t15-/m1/s1. The molecule has 1 atom stereocenters. The molecule has 0 saturated carbocycles. The number of hydrogen-bond acceptors (Lipinski definition) is 3. The van der Waals surface area contributed by atoms with E-state index in [9.17, 15) is 13.6 Å². The van der Waals surface area contributed by atoms with Gasteiger partial charge in [-0.05, 0) is 50.9 Å². The van der Waals surface area contributed by atoms with Crippen molar-refractivity contribution in [1.82, 2.24) is 9.80 Å². The molecule has 0 radical (unpaired) electrons. The number of carbonyl (C=O) groups is 1.